The van der Waals surface area contributed by atoms with Crippen LogP contribution < -0.4 is 15.8 Å². The number of carbonyl (C=O) groups excluding carboxylic acids is 1. The van der Waals surface area contributed by atoms with E-state index in [2.05, 4.69) is 20.3 Å². The molecule has 3 N–H and O–H groups in total. The number of methoxy groups -OCH3 is 1. The Morgan fingerprint density at radius 2 is 1.96 bits per heavy atom. The molecule has 1 aromatic carbocycles. The van der Waals surface area contributed by atoms with Crippen LogP contribution in [0.15, 0.2) is 54.9 Å². The van der Waals surface area contributed by atoms with E-state index in [0.717, 1.165) is 5.56 Å². The quantitative estimate of drug-likeness (QED) is 0.764. The highest BCUT2D eigenvalue weighted by Crippen LogP contribution is 2.21. The predicted molar refractivity (Wildman–Crippen MR) is 90.6 cm³/mol. The van der Waals surface area contributed by atoms with Gasteiger partial charge in [-0.15, -0.1) is 0 Å². The Labute approximate surface area is 138 Å². The fourth-order valence-electron chi connectivity index (χ4n) is 2.10. The summed E-state index contributed by atoms with van der Waals surface area (Å²) in [6.45, 7) is 0. The van der Waals surface area contributed by atoms with E-state index in [1.807, 2.05) is 18.2 Å². The van der Waals surface area contributed by atoms with Crippen LogP contribution in [0.3, 0.4) is 0 Å². The number of carbonyl (C=O) groups is 1. The van der Waals surface area contributed by atoms with Gasteiger partial charge in [0.15, 0.2) is 11.5 Å². The summed E-state index contributed by atoms with van der Waals surface area (Å²) in [4.78, 5) is 24.8. The average molecular weight is 321 g/mol. The molecule has 0 spiro atoms. The van der Waals surface area contributed by atoms with Crippen LogP contribution in [0.2, 0.25) is 0 Å². The van der Waals surface area contributed by atoms with Crippen molar-refractivity contribution >= 4 is 17.4 Å². The van der Waals surface area contributed by atoms with E-state index in [1.54, 1.807) is 30.5 Å². The SMILES string of the molecule is COc1cc(-c2cnc(N)c(C(=O)Nc3ccccc3)n2)ccn1. The number of hydrogen-bond acceptors (Lipinski definition) is 6. The Balaban J connectivity index is 1.92. The molecule has 0 aliphatic carbocycles. The summed E-state index contributed by atoms with van der Waals surface area (Å²) in [6.07, 6.45) is 3.10. The molecule has 7 nitrogen and oxygen atoms in total. The van der Waals surface area contributed by atoms with Crippen molar-refractivity contribution in [1.29, 1.82) is 0 Å². The Bertz CT molecular complexity index is 868. The lowest BCUT2D eigenvalue weighted by Gasteiger charge is -2.08. The molecule has 0 radical (unpaired) electrons. The molecule has 2 heterocycles. The number of nitrogen functional groups attached to an aromatic ring is 1. The van der Waals surface area contributed by atoms with Gasteiger partial charge < -0.3 is 15.8 Å². The predicted octanol–water partition coefficient (Wildman–Crippen LogP) is 2.38. The van der Waals surface area contributed by atoms with Crippen molar-refractivity contribution in [1.82, 2.24) is 15.0 Å². The van der Waals surface area contributed by atoms with Crippen molar-refractivity contribution in [3.05, 3.63) is 60.6 Å². The number of pyridine rings is 1. The third-order valence-corrected chi connectivity index (χ3v) is 3.29. The average Bonchev–Trinajstić information content (AvgIpc) is 2.63. The molecule has 0 atom stereocenters. The van der Waals surface area contributed by atoms with Crippen molar-refractivity contribution in [2.24, 2.45) is 0 Å². The molecule has 0 saturated heterocycles. The number of para-hydroxylation sites is 1. The summed E-state index contributed by atoms with van der Waals surface area (Å²) in [5.41, 5.74) is 7.75. The largest absolute Gasteiger partial charge is 0.481 e. The molecule has 0 bridgehead atoms. The highest BCUT2D eigenvalue weighted by molar-refractivity contribution is 6.05. The standard InChI is InChI=1S/C17H15N5O2/c1-24-14-9-11(7-8-19-14)13-10-20-16(18)15(22-13)17(23)21-12-5-3-2-4-6-12/h2-10H,1H3,(H2,18,20)(H,21,23). The van der Waals surface area contributed by atoms with Crippen LogP contribution >= 0.6 is 0 Å². The van der Waals surface area contributed by atoms with Gasteiger partial charge in [0.05, 0.1) is 19.0 Å². The number of benzene rings is 1. The van der Waals surface area contributed by atoms with Crippen molar-refractivity contribution in [3.8, 4) is 17.1 Å². The molecule has 3 aromatic rings. The topological polar surface area (TPSA) is 103 Å². The summed E-state index contributed by atoms with van der Waals surface area (Å²) >= 11 is 0. The maximum atomic E-state index is 12.4. The van der Waals surface area contributed by atoms with E-state index in [0.29, 0.717) is 17.3 Å². The zero-order valence-electron chi connectivity index (χ0n) is 12.9. The molecule has 120 valence electrons. The van der Waals surface area contributed by atoms with Crippen molar-refractivity contribution < 1.29 is 9.53 Å². The van der Waals surface area contributed by atoms with E-state index in [4.69, 9.17) is 10.5 Å². The lowest BCUT2D eigenvalue weighted by atomic mass is 10.2. The Kier molecular flexibility index (Phi) is 4.33. The van der Waals surface area contributed by atoms with Gasteiger partial charge in [0.2, 0.25) is 5.88 Å². The van der Waals surface area contributed by atoms with E-state index >= 15 is 0 Å². The third-order valence-electron chi connectivity index (χ3n) is 3.29. The van der Waals surface area contributed by atoms with Gasteiger partial charge in [0, 0.05) is 23.5 Å². The summed E-state index contributed by atoms with van der Waals surface area (Å²) in [6, 6.07) is 12.5. The highest BCUT2D eigenvalue weighted by atomic mass is 16.5. The number of ether oxygens (including phenoxy) is 1. The number of nitrogens with one attached hydrogen (secondary N) is 1. The minimum atomic E-state index is -0.422. The number of amides is 1. The van der Waals surface area contributed by atoms with Gasteiger partial charge in [0.1, 0.15) is 0 Å². The Morgan fingerprint density at radius 3 is 2.71 bits per heavy atom. The van der Waals surface area contributed by atoms with Crippen LogP contribution in [0.5, 0.6) is 5.88 Å². The Morgan fingerprint density at radius 1 is 1.17 bits per heavy atom. The van der Waals surface area contributed by atoms with Crippen molar-refractivity contribution in [3.63, 3.8) is 0 Å². The Hall–Kier alpha value is -3.48. The van der Waals surface area contributed by atoms with Gasteiger partial charge in [-0.25, -0.2) is 15.0 Å². The lowest BCUT2D eigenvalue weighted by Crippen LogP contribution is -2.17. The van der Waals surface area contributed by atoms with E-state index in [9.17, 15) is 4.79 Å². The summed E-state index contributed by atoms with van der Waals surface area (Å²) in [7, 11) is 1.53. The fraction of sp³-hybridized carbons (Fsp3) is 0.0588. The van der Waals surface area contributed by atoms with E-state index < -0.39 is 5.91 Å². The first kappa shape index (κ1) is 15.4. The van der Waals surface area contributed by atoms with Crippen molar-refractivity contribution in [2.45, 2.75) is 0 Å². The van der Waals surface area contributed by atoms with Gasteiger partial charge in [-0.3, -0.25) is 4.79 Å². The summed E-state index contributed by atoms with van der Waals surface area (Å²) < 4.78 is 5.09. The number of anilines is 2. The zero-order valence-corrected chi connectivity index (χ0v) is 12.9. The maximum absolute atomic E-state index is 12.4. The first-order chi connectivity index (χ1) is 11.7. The molecule has 0 unspecified atom stereocenters. The van der Waals surface area contributed by atoms with Gasteiger partial charge in [0.25, 0.3) is 5.91 Å². The fourth-order valence-corrected chi connectivity index (χ4v) is 2.10. The van der Waals surface area contributed by atoms with Crippen LogP contribution in [0.25, 0.3) is 11.3 Å². The van der Waals surface area contributed by atoms with Crippen LogP contribution in [-0.4, -0.2) is 28.0 Å². The molecule has 7 heteroatoms. The zero-order chi connectivity index (χ0) is 16.9. The number of nitrogens with two attached hydrogens (primary N) is 1. The van der Waals surface area contributed by atoms with E-state index in [1.165, 1.54) is 13.3 Å². The van der Waals surface area contributed by atoms with Crippen LogP contribution in [-0.2, 0) is 0 Å². The molecule has 2 aromatic heterocycles. The van der Waals surface area contributed by atoms with Crippen molar-refractivity contribution in [2.75, 3.05) is 18.2 Å². The molecular formula is C17H15N5O2. The van der Waals surface area contributed by atoms with Crippen LogP contribution in [0, 0.1) is 0 Å². The molecule has 1 amide bonds. The second-order valence-corrected chi connectivity index (χ2v) is 4.90. The maximum Gasteiger partial charge on any atom is 0.278 e. The minimum Gasteiger partial charge on any atom is -0.481 e. The van der Waals surface area contributed by atoms with E-state index in [-0.39, 0.29) is 11.5 Å². The first-order valence-electron chi connectivity index (χ1n) is 7.16. The lowest BCUT2D eigenvalue weighted by molar-refractivity contribution is 0.102. The molecule has 0 fully saturated rings. The normalized spacial score (nSPS) is 10.2. The second-order valence-electron chi connectivity index (χ2n) is 4.90. The molecule has 0 aliphatic heterocycles. The molecule has 0 aliphatic rings. The minimum absolute atomic E-state index is 0.0622. The van der Waals surface area contributed by atoms with Gasteiger partial charge in [-0.1, -0.05) is 18.2 Å². The number of hydrogen-bond donors (Lipinski definition) is 2. The molecule has 3 rings (SSSR count). The van der Waals surface area contributed by atoms with Gasteiger partial charge in [-0.05, 0) is 18.2 Å². The molecule has 0 saturated carbocycles. The number of nitrogens with zero attached hydrogens (tertiary/aromatic N) is 3. The number of aromatic nitrogens is 3. The number of rotatable bonds is 4. The monoisotopic (exact) mass is 321 g/mol. The van der Waals surface area contributed by atoms with Crippen LogP contribution in [0.4, 0.5) is 11.5 Å². The molecular weight excluding hydrogens is 306 g/mol. The summed E-state index contributed by atoms with van der Waals surface area (Å²) in [5, 5.41) is 2.74. The second kappa shape index (κ2) is 6.74. The first-order valence-corrected chi connectivity index (χ1v) is 7.16. The smallest absolute Gasteiger partial charge is 0.278 e. The third kappa shape index (κ3) is 3.30. The molecule has 24 heavy (non-hydrogen) atoms. The van der Waals surface area contributed by atoms with Crippen LogP contribution in [0.1, 0.15) is 10.5 Å². The van der Waals surface area contributed by atoms with Gasteiger partial charge in [-0.2, -0.15) is 0 Å². The van der Waals surface area contributed by atoms with Gasteiger partial charge >= 0.3 is 0 Å². The highest BCUT2D eigenvalue weighted by Gasteiger charge is 2.15. The summed E-state index contributed by atoms with van der Waals surface area (Å²) in [5.74, 6) is 0.0867.